The highest BCUT2D eigenvalue weighted by molar-refractivity contribution is 5.96. The summed E-state index contributed by atoms with van der Waals surface area (Å²) in [5.41, 5.74) is 0.929. The molecule has 2 unspecified atom stereocenters. The molecule has 2 aromatic rings. The van der Waals surface area contributed by atoms with Crippen molar-refractivity contribution >= 4 is 16.9 Å². The molecule has 0 bridgehead atoms. The van der Waals surface area contributed by atoms with E-state index < -0.39 is 5.97 Å². The van der Waals surface area contributed by atoms with Crippen molar-refractivity contribution in [3.05, 3.63) is 23.9 Å². The minimum absolute atomic E-state index is 0.140. The van der Waals surface area contributed by atoms with Gasteiger partial charge in [-0.05, 0) is 44.6 Å². The van der Waals surface area contributed by atoms with E-state index in [-0.39, 0.29) is 23.8 Å². The first-order chi connectivity index (χ1) is 11.1. The Morgan fingerprint density at radius 3 is 2.78 bits per heavy atom. The maximum Gasteiger partial charge on any atom is 0.339 e. The monoisotopic (exact) mass is 316 g/mol. The van der Waals surface area contributed by atoms with Crippen LogP contribution in [0.1, 0.15) is 54.9 Å². The topological polar surface area (TPSA) is 84.6 Å². The SMILES string of the molecule is O=C(O)c1cc2cn(C3CCCC(O)C3)nc2cc1OC1CC1. The number of rotatable bonds is 4. The average Bonchev–Trinajstić information content (AvgIpc) is 3.23. The van der Waals surface area contributed by atoms with Crippen molar-refractivity contribution in [2.75, 3.05) is 0 Å². The molecule has 1 aromatic carbocycles. The van der Waals surface area contributed by atoms with Crippen LogP contribution in [0, 0.1) is 0 Å². The number of benzene rings is 1. The lowest BCUT2D eigenvalue weighted by Gasteiger charge is -2.25. The van der Waals surface area contributed by atoms with Crippen LogP contribution < -0.4 is 4.74 Å². The van der Waals surface area contributed by atoms with Crippen LogP contribution >= 0.6 is 0 Å². The van der Waals surface area contributed by atoms with Gasteiger partial charge in [0.15, 0.2) is 0 Å². The average molecular weight is 316 g/mol. The number of aliphatic hydroxyl groups excluding tert-OH is 1. The molecular formula is C17H20N2O4. The van der Waals surface area contributed by atoms with Gasteiger partial charge in [0.05, 0.1) is 23.8 Å². The summed E-state index contributed by atoms with van der Waals surface area (Å²) in [5.74, 6) is -0.579. The minimum Gasteiger partial charge on any atom is -0.489 e. The van der Waals surface area contributed by atoms with Gasteiger partial charge in [0.1, 0.15) is 11.3 Å². The third-order valence-corrected chi connectivity index (χ3v) is 4.66. The van der Waals surface area contributed by atoms with E-state index in [1.165, 1.54) is 0 Å². The van der Waals surface area contributed by atoms with Crippen LogP contribution in [-0.4, -0.2) is 38.2 Å². The number of nitrogens with zero attached hydrogens (tertiary/aromatic N) is 2. The van der Waals surface area contributed by atoms with Crippen molar-refractivity contribution in [1.29, 1.82) is 0 Å². The summed E-state index contributed by atoms with van der Waals surface area (Å²) in [4.78, 5) is 11.5. The summed E-state index contributed by atoms with van der Waals surface area (Å²) in [7, 11) is 0. The van der Waals surface area contributed by atoms with Crippen molar-refractivity contribution in [2.45, 2.75) is 56.8 Å². The van der Waals surface area contributed by atoms with Crippen LogP contribution in [0.2, 0.25) is 0 Å². The van der Waals surface area contributed by atoms with Crippen LogP contribution in [0.25, 0.3) is 10.9 Å². The quantitative estimate of drug-likeness (QED) is 0.906. The Hall–Kier alpha value is -2.08. The van der Waals surface area contributed by atoms with E-state index in [4.69, 9.17) is 4.74 Å². The summed E-state index contributed by atoms with van der Waals surface area (Å²) in [6.07, 6.45) is 7.22. The van der Waals surface area contributed by atoms with Crippen LogP contribution in [-0.2, 0) is 0 Å². The number of hydrogen-bond acceptors (Lipinski definition) is 4. The number of ether oxygens (including phenoxy) is 1. The number of aromatic nitrogens is 2. The summed E-state index contributed by atoms with van der Waals surface area (Å²) in [6, 6.07) is 3.54. The molecule has 4 rings (SSSR count). The Morgan fingerprint density at radius 1 is 1.26 bits per heavy atom. The van der Waals surface area contributed by atoms with Gasteiger partial charge >= 0.3 is 5.97 Å². The summed E-state index contributed by atoms with van der Waals surface area (Å²) in [5, 5.41) is 24.6. The molecular weight excluding hydrogens is 296 g/mol. The largest absolute Gasteiger partial charge is 0.489 e. The molecule has 0 aliphatic heterocycles. The van der Waals surface area contributed by atoms with Gasteiger partial charge < -0.3 is 14.9 Å². The van der Waals surface area contributed by atoms with Gasteiger partial charge in [0.2, 0.25) is 0 Å². The normalized spacial score (nSPS) is 24.7. The number of aromatic carboxylic acids is 1. The summed E-state index contributed by atoms with van der Waals surface area (Å²) >= 11 is 0. The first kappa shape index (κ1) is 14.5. The highest BCUT2D eigenvalue weighted by Crippen LogP contribution is 2.34. The fourth-order valence-corrected chi connectivity index (χ4v) is 3.27. The lowest BCUT2D eigenvalue weighted by Crippen LogP contribution is -2.22. The third-order valence-electron chi connectivity index (χ3n) is 4.66. The van der Waals surface area contributed by atoms with Gasteiger partial charge in [-0.1, -0.05) is 0 Å². The molecule has 2 saturated carbocycles. The van der Waals surface area contributed by atoms with Gasteiger partial charge in [-0.2, -0.15) is 5.10 Å². The molecule has 2 aliphatic rings. The summed E-state index contributed by atoms with van der Waals surface area (Å²) in [6.45, 7) is 0. The second kappa shape index (κ2) is 5.53. The Labute approximate surface area is 133 Å². The first-order valence-electron chi connectivity index (χ1n) is 8.21. The zero-order chi connectivity index (χ0) is 16.0. The molecule has 1 heterocycles. The summed E-state index contributed by atoms with van der Waals surface area (Å²) < 4.78 is 7.60. The van der Waals surface area contributed by atoms with E-state index in [2.05, 4.69) is 5.10 Å². The highest BCUT2D eigenvalue weighted by Gasteiger charge is 2.27. The Morgan fingerprint density at radius 2 is 2.09 bits per heavy atom. The van der Waals surface area contributed by atoms with Crippen molar-refractivity contribution in [3.63, 3.8) is 0 Å². The molecule has 1 aromatic heterocycles. The highest BCUT2D eigenvalue weighted by atomic mass is 16.5. The molecule has 0 amide bonds. The van der Waals surface area contributed by atoms with Crippen LogP contribution in [0.3, 0.4) is 0 Å². The second-order valence-corrected chi connectivity index (χ2v) is 6.61. The maximum absolute atomic E-state index is 11.5. The van der Waals surface area contributed by atoms with E-state index in [0.29, 0.717) is 12.2 Å². The molecule has 122 valence electrons. The third kappa shape index (κ3) is 2.91. The van der Waals surface area contributed by atoms with E-state index in [1.54, 1.807) is 12.1 Å². The second-order valence-electron chi connectivity index (χ2n) is 6.61. The van der Waals surface area contributed by atoms with E-state index in [0.717, 1.165) is 43.0 Å². The molecule has 2 atom stereocenters. The fraction of sp³-hybridized carbons (Fsp3) is 0.529. The molecule has 0 spiro atoms. The maximum atomic E-state index is 11.5. The van der Waals surface area contributed by atoms with Crippen molar-refractivity contribution < 1.29 is 19.7 Å². The van der Waals surface area contributed by atoms with Crippen LogP contribution in [0.4, 0.5) is 0 Å². The smallest absolute Gasteiger partial charge is 0.339 e. The predicted molar refractivity (Wildman–Crippen MR) is 83.9 cm³/mol. The predicted octanol–water partition coefficient (Wildman–Crippen LogP) is 2.75. The van der Waals surface area contributed by atoms with E-state index in [1.807, 2.05) is 10.9 Å². The fourth-order valence-electron chi connectivity index (χ4n) is 3.27. The van der Waals surface area contributed by atoms with Gasteiger partial charge in [-0.3, -0.25) is 4.68 Å². The number of aliphatic hydroxyl groups is 1. The number of fused-ring (bicyclic) bond motifs is 1. The van der Waals surface area contributed by atoms with Gasteiger partial charge in [0, 0.05) is 17.6 Å². The van der Waals surface area contributed by atoms with Crippen molar-refractivity contribution in [2.24, 2.45) is 0 Å². The van der Waals surface area contributed by atoms with Crippen LogP contribution in [0.15, 0.2) is 18.3 Å². The van der Waals surface area contributed by atoms with Gasteiger partial charge in [-0.15, -0.1) is 0 Å². The Kier molecular flexibility index (Phi) is 3.49. The van der Waals surface area contributed by atoms with E-state index >= 15 is 0 Å². The van der Waals surface area contributed by atoms with E-state index in [9.17, 15) is 15.0 Å². The van der Waals surface area contributed by atoms with Crippen LogP contribution in [0.5, 0.6) is 5.75 Å². The molecule has 6 nitrogen and oxygen atoms in total. The zero-order valence-electron chi connectivity index (χ0n) is 12.8. The van der Waals surface area contributed by atoms with Crippen molar-refractivity contribution in [3.8, 4) is 5.75 Å². The first-order valence-corrected chi connectivity index (χ1v) is 8.21. The van der Waals surface area contributed by atoms with Gasteiger partial charge in [-0.25, -0.2) is 4.79 Å². The molecule has 2 aliphatic carbocycles. The Bertz CT molecular complexity index is 750. The lowest BCUT2D eigenvalue weighted by molar-refractivity contribution is 0.0692. The molecule has 6 heteroatoms. The minimum atomic E-state index is -0.983. The lowest BCUT2D eigenvalue weighted by atomic mass is 9.93. The van der Waals surface area contributed by atoms with Crippen molar-refractivity contribution in [1.82, 2.24) is 9.78 Å². The molecule has 0 radical (unpaired) electrons. The molecule has 23 heavy (non-hydrogen) atoms. The molecule has 2 fully saturated rings. The number of carbonyl (C=O) groups is 1. The zero-order valence-corrected chi connectivity index (χ0v) is 12.8. The number of carboxylic acids is 1. The standard InChI is InChI=1S/C17H20N2O4/c20-12-3-1-2-11(7-12)19-9-10-6-14(17(21)22)16(8-15(10)18-19)23-13-4-5-13/h6,8-9,11-13,20H,1-5,7H2,(H,21,22). The number of hydrogen-bond donors (Lipinski definition) is 2. The molecule has 0 saturated heterocycles. The van der Waals surface area contributed by atoms with Gasteiger partial charge in [0.25, 0.3) is 0 Å². The number of carboxylic acid groups (broad SMARTS) is 1. The molecule has 2 N–H and O–H groups in total. The Balaban J connectivity index is 1.70.